The molecule has 2 aromatic rings. The van der Waals surface area contributed by atoms with Gasteiger partial charge >= 0.3 is 0 Å². The molecule has 21 heavy (non-hydrogen) atoms. The Morgan fingerprint density at radius 3 is 2.81 bits per heavy atom. The summed E-state index contributed by atoms with van der Waals surface area (Å²) in [6.07, 6.45) is 10.2. The summed E-state index contributed by atoms with van der Waals surface area (Å²) >= 11 is 1.73. The third-order valence-electron chi connectivity index (χ3n) is 4.89. The Morgan fingerprint density at radius 1 is 1.10 bits per heavy atom. The average Bonchev–Trinajstić information content (AvgIpc) is 3.09. The van der Waals surface area contributed by atoms with Crippen molar-refractivity contribution in [1.82, 2.24) is 25.1 Å². The maximum absolute atomic E-state index is 4.82. The zero-order valence-corrected chi connectivity index (χ0v) is 13.2. The smallest absolute Gasteiger partial charge is 0.234 e. The van der Waals surface area contributed by atoms with Crippen LogP contribution in [0.5, 0.6) is 0 Å². The predicted molar refractivity (Wildman–Crippen MR) is 83.8 cm³/mol. The third-order valence-corrected chi connectivity index (χ3v) is 5.81. The Balaban J connectivity index is 1.53. The Labute approximate surface area is 129 Å². The van der Waals surface area contributed by atoms with Crippen molar-refractivity contribution in [3.05, 3.63) is 10.8 Å². The van der Waals surface area contributed by atoms with Crippen molar-refractivity contribution in [2.45, 2.75) is 57.3 Å². The van der Waals surface area contributed by atoms with E-state index in [0.717, 1.165) is 29.7 Å². The summed E-state index contributed by atoms with van der Waals surface area (Å²) in [6, 6.07) is 0. The van der Waals surface area contributed by atoms with Crippen LogP contribution in [0.1, 0.15) is 61.7 Å². The normalized spacial score (nSPS) is 24.7. The summed E-state index contributed by atoms with van der Waals surface area (Å²) < 4.78 is 2.03. The topological polar surface area (TPSA) is 55.1 Å². The van der Waals surface area contributed by atoms with Gasteiger partial charge in [0.25, 0.3) is 0 Å². The number of hydrogen-bond donors (Lipinski definition) is 1. The van der Waals surface area contributed by atoms with Crippen LogP contribution in [0.3, 0.4) is 0 Å². The molecule has 0 spiro atoms. The van der Waals surface area contributed by atoms with E-state index in [1.54, 1.807) is 11.3 Å². The molecule has 1 aliphatic heterocycles. The Hall–Kier alpha value is -1.01. The van der Waals surface area contributed by atoms with Gasteiger partial charge in [-0.25, -0.2) is 0 Å². The molecule has 6 heteroatoms. The molecule has 2 aliphatic rings. The predicted octanol–water partition coefficient (Wildman–Crippen LogP) is 2.78. The van der Waals surface area contributed by atoms with Gasteiger partial charge in [0.05, 0.1) is 0 Å². The lowest BCUT2D eigenvalue weighted by Gasteiger charge is -2.21. The standard InChI is InChI=1S/C15H23N5S/c1-2-6-12(7-3-1)14-17-18-15-20(14)19-13(21-15)9-11-5-4-8-16-10-11/h11-12,16H,1-10H2. The van der Waals surface area contributed by atoms with Crippen molar-refractivity contribution in [3.63, 3.8) is 0 Å². The van der Waals surface area contributed by atoms with E-state index in [1.165, 1.54) is 56.5 Å². The van der Waals surface area contributed by atoms with Crippen LogP contribution >= 0.6 is 11.3 Å². The number of rotatable bonds is 3. The minimum atomic E-state index is 0.569. The molecule has 1 N–H and O–H groups in total. The second-order valence-corrected chi connectivity index (χ2v) is 7.54. The summed E-state index contributed by atoms with van der Waals surface area (Å²) in [5, 5.41) is 18.3. The molecule has 4 rings (SSSR count). The van der Waals surface area contributed by atoms with E-state index in [-0.39, 0.29) is 0 Å². The van der Waals surface area contributed by atoms with Crippen LogP contribution in [-0.4, -0.2) is 32.9 Å². The quantitative estimate of drug-likeness (QED) is 0.947. The first-order valence-electron chi connectivity index (χ1n) is 8.32. The second-order valence-electron chi connectivity index (χ2n) is 6.50. The van der Waals surface area contributed by atoms with Gasteiger partial charge < -0.3 is 5.32 Å². The number of hydrogen-bond acceptors (Lipinski definition) is 5. The fourth-order valence-corrected chi connectivity index (χ4v) is 4.67. The van der Waals surface area contributed by atoms with Crippen LogP contribution in [-0.2, 0) is 6.42 Å². The summed E-state index contributed by atoms with van der Waals surface area (Å²) in [6.45, 7) is 2.31. The van der Waals surface area contributed by atoms with Crippen LogP contribution in [0, 0.1) is 5.92 Å². The highest BCUT2D eigenvalue weighted by Crippen LogP contribution is 2.32. The lowest BCUT2D eigenvalue weighted by molar-refractivity contribution is 0.374. The highest BCUT2D eigenvalue weighted by atomic mass is 32.1. The molecular formula is C15H23N5S. The van der Waals surface area contributed by atoms with E-state index in [0.29, 0.717) is 5.92 Å². The van der Waals surface area contributed by atoms with E-state index in [2.05, 4.69) is 15.5 Å². The molecule has 0 radical (unpaired) electrons. The molecule has 3 heterocycles. The Morgan fingerprint density at radius 2 is 2.00 bits per heavy atom. The minimum Gasteiger partial charge on any atom is -0.316 e. The molecule has 0 amide bonds. The molecule has 1 saturated carbocycles. The van der Waals surface area contributed by atoms with Crippen molar-refractivity contribution in [2.24, 2.45) is 5.92 Å². The van der Waals surface area contributed by atoms with Crippen LogP contribution in [0.25, 0.3) is 4.96 Å². The van der Waals surface area contributed by atoms with Gasteiger partial charge in [-0.3, -0.25) is 0 Å². The van der Waals surface area contributed by atoms with Crippen LogP contribution < -0.4 is 5.32 Å². The number of piperidine rings is 1. The largest absolute Gasteiger partial charge is 0.316 e. The molecule has 114 valence electrons. The van der Waals surface area contributed by atoms with Gasteiger partial charge in [0, 0.05) is 12.3 Å². The number of aromatic nitrogens is 4. The van der Waals surface area contributed by atoms with Crippen molar-refractivity contribution >= 4 is 16.3 Å². The molecule has 1 saturated heterocycles. The third kappa shape index (κ3) is 2.83. The van der Waals surface area contributed by atoms with Gasteiger partial charge in [0.15, 0.2) is 5.82 Å². The van der Waals surface area contributed by atoms with Crippen molar-refractivity contribution in [2.75, 3.05) is 13.1 Å². The van der Waals surface area contributed by atoms with Crippen molar-refractivity contribution in [1.29, 1.82) is 0 Å². The first-order valence-corrected chi connectivity index (χ1v) is 9.13. The molecule has 0 aromatic carbocycles. The second kappa shape index (κ2) is 6.01. The lowest BCUT2D eigenvalue weighted by Crippen LogP contribution is -2.30. The molecule has 2 aromatic heterocycles. The maximum Gasteiger partial charge on any atom is 0.234 e. The van der Waals surface area contributed by atoms with Crippen molar-refractivity contribution in [3.8, 4) is 0 Å². The summed E-state index contributed by atoms with van der Waals surface area (Å²) in [4.78, 5) is 0.981. The van der Waals surface area contributed by atoms with E-state index in [9.17, 15) is 0 Å². The fourth-order valence-electron chi connectivity index (χ4n) is 3.71. The highest BCUT2D eigenvalue weighted by Gasteiger charge is 2.23. The van der Waals surface area contributed by atoms with E-state index in [1.807, 2.05) is 4.52 Å². The Kier molecular flexibility index (Phi) is 3.90. The van der Waals surface area contributed by atoms with Gasteiger partial charge in [-0.05, 0) is 44.7 Å². The highest BCUT2D eigenvalue weighted by molar-refractivity contribution is 7.16. The first-order chi connectivity index (χ1) is 10.4. The summed E-state index contributed by atoms with van der Waals surface area (Å²) in [5.41, 5.74) is 0. The molecule has 1 unspecified atom stereocenters. The van der Waals surface area contributed by atoms with Gasteiger partial charge in [0.1, 0.15) is 5.01 Å². The average molecular weight is 305 g/mol. The molecular weight excluding hydrogens is 282 g/mol. The monoisotopic (exact) mass is 305 g/mol. The Bertz CT molecular complexity index is 592. The fraction of sp³-hybridized carbons (Fsp3) is 0.800. The van der Waals surface area contributed by atoms with Gasteiger partial charge in [0.2, 0.25) is 4.96 Å². The van der Waals surface area contributed by atoms with Crippen LogP contribution in [0.2, 0.25) is 0 Å². The van der Waals surface area contributed by atoms with Crippen molar-refractivity contribution < 1.29 is 0 Å². The van der Waals surface area contributed by atoms with Crippen LogP contribution in [0.4, 0.5) is 0 Å². The van der Waals surface area contributed by atoms with Gasteiger partial charge in [-0.15, -0.1) is 10.2 Å². The molecule has 1 atom stereocenters. The first kappa shape index (κ1) is 13.6. The lowest BCUT2D eigenvalue weighted by atomic mass is 9.89. The zero-order chi connectivity index (χ0) is 14.1. The molecule has 2 fully saturated rings. The summed E-state index contributed by atoms with van der Waals surface area (Å²) in [7, 11) is 0. The molecule has 1 aliphatic carbocycles. The molecule has 5 nitrogen and oxygen atoms in total. The molecule has 0 bridgehead atoms. The SMILES string of the molecule is C1CCC(c2nnc3sc(CC4CCCNC4)nn23)CC1. The summed E-state index contributed by atoms with van der Waals surface area (Å²) in [5.74, 6) is 2.41. The zero-order valence-electron chi connectivity index (χ0n) is 12.4. The van der Waals surface area contributed by atoms with Gasteiger partial charge in [-0.2, -0.15) is 9.61 Å². The maximum atomic E-state index is 4.82. The van der Waals surface area contributed by atoms with E-state index in [4.69, 9.17) is 5.10 Å². The number of nitrogens with zero attached hydrogens (tertiary/aromatic N) is 4. The minimum absolute atomic E-state index is 0.569. The van der Waals surface area contributed by atoms with E-state index < -0.39 is 0 Å². The number of fused-ring (bicyclic) bond motifs is 1. The number of nitrogens with one attached hydrogen (secondary N) is 1. The van der Waals surface area contributed by atoms with E-state index >= 15 is 0 Å². The van der Waals surface area contributed by atoms with Gasteiger partial charge in [-0.1, -0.05) is 30.6 Å². The van der Waals surface area contributed by atoms with Crippen LogP contribution in [0.15, 0.2) is 0 Å².